The predicted octanol–water partition coefficient (Wildman–Crippen LogP) is 2.30. The van der Waals surface area contributed by atoms with Gasteiger partial charge in [-0.15, -0.1) is 6.58 Å². The van der Waals surface area contributed by atoms with E-state index in [4.69, 9.17) is 10.1 Å². The molecule has 0 aliphatic heterocycles. The van der Waals surface area contributed by atoms with Crippen LogP contribution in [0.3, 0.4) is 0 Å². The lowest BCUT2D eigenvalue weighted by Crippen LogP contribution is -2.35. The summed E-state index contributed by atoms with van der Waals surface area (Å²) >= 11 is 0. The maximum atomic E-state index is 13.2. The first kappa shape index (κ1) is 21.0. The number of nitrogens with one attached hydrogen (secondary N) is 2. The van der Waals surface area contributed by atoms with Gasteiger partial charge in [-0.25, -0.2) is 4.98 Å². The Balaban J connectivity index is 1.87. The molecule has 3 aromatic heterocycles. The molecular formula is C24H23N5O3. The number of aryl methyl sites for hydroxylation is 2. The lowest BCUT2D eigenvalue weighted by atomic mass is 10.1. The van der Waals surface area contributed by atoms with Gasteiger partial charge < -0.3 is 14.6 Å². The Labute approximate surface area is 183 Å². The molecule has 162 valence electrons. The molecule has 0 unspecified atom stereocenters. The van der Waals surface area contributed by atoms with Crippen molar-refractivity contribution in [3.63, 3.8) is 0 Å². The third-order valence-corrected chi connectivity index (χ3v) is 5.25. The number of hydrogen-bond acceptors (Lipinski definition) is 5. The number of rotatable bonds is 7. The molecular weight excluding hydrogens is 406 g/mol. The summed E-state index contributed by atoms with van der Waals surface area (Å²) in [5, 5.41) is 11.7. The summed E-state index contributed by atoms with van der Waals surface area (Å²) in [6.07, 6.45) is 3.78. The van der Waals surface area contributed by atoms with Crippen LogP contribution in [0.15, 0.2) is 72.2 Å². The molecule has 0 fully saturated rings. The molecule has 0 atom stereocenters. The molecule has 3 heterocycles. The maximum absolute atomic E-state index is 13.2. The van der Waals surface area contributed by atoms with E-state index in [1.165, 1.54) is 10.5 Å². The zero-order valence-corrected chi connectivity index (χ0v) is 17.7. The first-order valence-electron chi connectivity index (χ1n) is 10.1. The van der Waals surface area contributed by atoms with E-state index in [0.717, 1.165) is 11.3 Å². The number of nitrogens with zero attached hydrogens (tertiary/aromatic N) is 3. The second-order valence-corrected chi connectivity index (χ2v) is 7.24. The van der Waals surface area contributed by atoms with Crippen LogP contribution in [-0.4, -0.2) is 33.5 Å². The summed E-state index contributed by atoms with van der Waals surface area (Å²) in [5.74, 6) is 0.322. The van der Waals surface area contributed by atoms with Gasteiger partial charge in [-0.2, -0.15) is 0 Å². The highest BCUT2D eigenvalue weighted by Gasteiger charge is 2.17. The fourth-order valence-corrected chi connectivity index (χ4v) is 3.57. The van der Waals surface area contributed by atoms with Crippen LogP contribution in [0, 0.1) is 5.41 Å². The molecule has 0 saturated carbocycles. The largest absolute Gasteiger partial charge is 0.497 e. The topological polar surface area (TPSA) is 101 Å². The van der Waals surface area contributed by atoms with Crippen molar-refractivity contribution in [2.75, 3.05) is 13.7 Å². The van der Waals surface area contributed by atoms with Gasteiger partial charge in [0.05, 0.1) is 18.1 Å². The normalized spacial score (nSPS) is 10.9. The lowest BCUT2D eigenvalue weighted by Gasteiger charge is -2.15. The zero-order chi connectivity index (χ0) is 22.7. The zero-order valence-electron chi connectivity index (χ0n) is 17.7. The molecule has 2 N–H and O–H groups in total. The lowest BCUT2D eigenvalue weighted by molar-refractivity contribution is 0.0955. The van der Waals surface area contributed by atoms with Crippen LogP contribution in [0.4, 0.5) is 0 Å². The molecule has 4 aromatic rings. The highest BCUT2D eigenvalue weighted by Crippen LogP contribution is 2.14. The first-order valence-corrected chi connectivity index (χ1v) is 10.1. The Morgan fingerprint density at radius 2 is 2.03 bits per heavy atom. The van der Waals surface area contributed by atoms with Gasteiger partial charge in [-0.05, 0) is 42.3 Å². The van der Waals surface area contributed by atoms with Gasteiger partial charge in [0.25, 0.3) is 11.5 Å². The number of amides is 1. The second-order valence-electron chi connectivity index (χ2n) is 7.24. The predicted molar refractivity (Wildman–Crippen MR) is 122 cm³/mol. The van der Waals surface area contributed by atoms with Crippen LogP contribution >= 0.6 is 0 Å². The van der Waals surface area contributed by atoms with E-state index < -0.39 is 5.91 Å². The quantitative estimate of drug-likeness (QED) is 0.348. The molecule has 0 aliphatic rings. The van der Waals surface area contributed by atoms with Crippen LogP contribution in [-0.2, 0) is 13.0 Å². The summed E-state index contributed by atoms with van der Waals surface area (Å²) in [5.41, 5.74) is 1.71. The van der Waals surface area contributed by atoms with Crippen LogP contribution in [0.2, 0.25) is 0 Å². The van der Waals surface area contributed by atoms with Crippen LogP contribution < -0.4 is 21.1 Å². The molecule has 0 saturated heterocycles. The number of ether oxygens (including phenoxy) is 1. The van der Waals surface area contributed by atoms with Crippen LogP contribution in [0.5, 0.6) is 5.75 Å². The van der Waals surface area contributed by atoms with Crippen molar-refractivity contribution in [1.82, 2.24) is 19.3 Å². The number of benzene rings is 1. The summed E-state index contributed by atoms with van der Waals surface area (Å²) < 4.78 is 8.26. The van der Waals surface area contributed by atoms with Crippen molar-refractivity contribution in [1.29, 1.82) is 5.41 Å². The summed E-state index contributed by atoms with van der Waals surface area (Å²) in [6, 6.07) is 14.4. The molecule has 1 amide bonds. The monoisotopic (exact) mass is 429 g/mol. The van der Waals surface area contributed by atoms with E-state index in [2.05, 4.69) is 16.9 Å². The first-order chi connectivity index (χ1) is 15.5. The van der Waals surface area contributed by atoms with Gasteiger partial charge in [0, 0.05) is 19.3 Å². The third-order valence-electron chi connectivity index (χ3n) is 5.25. The molecule has 1 aromatic carbocycles. The summed E-state index contributed by atoms with van der Waals surface area (Å²) in [7, 11) is 1.61. The smallest absolute Gasteiger partial charge is 0.267 e. The van der Waals surface area contributed by atoms with E-state index in [-0.39, 0.29) is 28.5 Å². The molecule has 32 heavy (non-hydrogen) atoms. The number of carbonyl (C=O) groups is 1. The third kappa shape index (κ3) is 3.90. The molecule has 8 nitrogen and oxygen atoms in total. The van der Waals surface area contributed by atoms with E-state index in [1.807, 2.05) is 24.3 Å². The Morgan fingerprint density at radius 3 is 2.75 bits per heavy atom. The standard InChI is InChI=1S/C24H23N5O3/c1-3-12-26-23(30)18-15-19-22(27-20-6-4-5-13-28(20)24(19)31)29(21(18)25)14-11-16-7-9-17(32-2)10-8-16/h3-10,13,15,25H,1,11-12,14H2,2H3,(H,26,30). The Bertz CT molecular complexity index is 1430. The van der Waals surface area contributed by atoms with Crippen molar-refractivity contribution in [2.24, 2.45) is 0 Å². The van der Waals surface area contributed by atoms with Gasteiger partial charge in [0.2, 0.25) is 0 Å². The average Bonchev–Trinajstić information content (AvgIpc) is 2.82. The Morgan fingerprint density at radius 1 is 1.25 bits per heavy atom. The van der Waals surface area contributed by atoms with Crippen LogP contribution in [0.25, 0.3) is 16.7 Å². The van der Waals surface area contributed by atoms with E-state index >= 15 is 0 Å². The Hall–Kier alpha value is -4.20. The van der Waals surface area contributed by atoms with Gasteiger partial charge in [-0.3, -0.25) is 19.4 Å². The molecule has 0 spiro atoms. The SMILES string of the molecule is C=CCNC(=O)c1cc2c(=O)n3ccccc3nc2n(CCc2ccc(OC)cc2)c1=N. The van der Waals surface area contributed by atoms with Crippen molar-refractivity contribution < 1.29 is 9.53 Å². The highest BCUT2D eigenvalue weighted by molar-refractivity contribution is 5.96. The van der Waals surface area contributed by atoms with Crippen molar-refractivity contribution >= 4 is 22.6 Å². The number of fused-ring (bicyclic) bond motifs is 2. The van der Waals surface area contributed by atoms with Crippen molar-refractivity contribution in [2.45, 2.75) is 13.0 Å². The Kier molecular flexibility index (Phi) is 5.85. The van der Waals surface area contributed by atoms with E-state index in [9.17, 15) is 9.59 Å². The second kappa shape index (κ2) is 8.89. The minimum absolute atomic E-state index is 0.000227. The van der Waals surface area contributed by atoms with Gasteiger partial charge in [0.15, 0.2) is 0 Å². The highest BCUT2D eigenvalue weighted by atomic mass is 16.5. The number of hydrogen-bond donors (Lipinski definition) is 2. The maximum Gasteiger partial charge on any atom is 0.267 e. The van der Waals surface area contributed by atoms with Crippen LogP contribution in [0.1, 0.15) is 15.9 Å². The fraction of sp³-hybridized carbons (Fsp3) is 0.167. The molecule has 0 radical (unpaired) electrons. The number of carbonyl (C=O) groups excluding carboxylic acids is 1. The summed E-state index contributed by atoms with van der Waals surface area (Å²) in [4.78, 5) is 30.5. The van der Waals surface area contributed by atoms with Crippen molar-refractivity contribution in [3.05, 3.63) is 94.4 Å². The fourth-order valence-electron chi connectivity index (χ4n) is 3.57. The van der Waals surface area contributed by atoms with Gasteiger partial charge in [-0.1, -0.05) is 24.3 Å². The average molecular weight is 429 g/mol. The van der Waals surface area contributed by atoms with Crippen molar-refractivity contribution in [3.8, 4) is 5.75 Å². The summed E-state index contributed by atoms with van der Waals surface area (Å²) in [6.45, 7) is 4.24. The molecule has 0 bridgehead atoms. The van der Waals surface area contributed by atoms with Gasteiger partial charge in [0.1, 0.15) is 22.5 Å². The number of aromatic nitrogens is 3. The van der Waals surface area contributed by atoms with E-state index in [0.29, 0.717) is 24.3 Å². The minimum Gasteiger partial charge on any atom is -0.497 e. The van der Waals surface area contributed by atoms with E-state index in [1.54, 1.807) is 42.1 Å². The van der Waals surface area contributed by atoms with Gasteiger partial charge >= 0.3 is 0 Å². The minimum atomic E-state index is -0.437. The number of methoxy groups -OCH3 is 1. The number of pyridine rings is 2. The molecule has 4 rings (SSSR count). The molecule has 8 heteroatoms. The molecule has 0 aliphatic carbocycles.